The quantitative estimate of drug-likeness (QED) is 0.232. The number of hydrogen-bond acceptors (Lipinski definition) is 9. The summed E-state index contributed by atoms with van der Waals surface area (Å²) >= 11 is 1.60. The third kappa shape index (κ3) is 6.57. The second-order valence-corrected chi connectivity index (χ2v) is 10.5. The Morgan fingerprint density at radius 1 is 1.25 bits per heavy atom. The fourth-order valence-corrected chi connectivity index (χ4v) is 5.30. The van der Waals surface area contributed by atoms with E-state index in [1.165, 1.54) is 12.6 Å². The van der Waals surface area contributed by atoms with Gasteiger partial charge < -0.3 is 24.3 Å². The Labute approximate surface area is 215 Å². The monoisotopic (exact) mass is 512 g/mol. The third-order valence-corrected chi connectivity index (χ3v) is 6.96. The number of nitrogens with zero attached hydrogens (tertiary/aromatic N) is 2. The van der Waals surface area contributed by atoms with Crippen LogP contribution >= 0.6 is 11.8 Å². The molecule has 1 atom stereocenters. The average molecular weight is 513 g/mol. The van der Waals surface area contributed by atoms with E-state index in [0.29, 0.717) is 18.1 Å². The van der Waals surface area contributed by atoms with Gasteiger partial charge in [0, 0.05) is 35.7 Å². The van der Waals surface area contributed by atoms with Crippen molar-refractivity contribution in [3.63, 3.8) is 0 Å². The van der Waals surface area contributed by atoms with E-state index in [2.05, 4.69) is 34.4 Å². The van der Waals surface area contributed by atoms with E-state index < -0.39 is 11.8 Å². The maximum absolute atomic E-state index is 11.0. The molecule has 3 aromatic rings. The number of carboxylic acids is 1. The molecule has 36 heavy (non-hydrogen) atoms. The van der Waals surface area contributed by atoms with Crippen LogP contribution in [0.5, 0.6) is 5.75 Å². The van der Waals surface area contributed by atoms with E-state index in [4.69, 9.17) is 19.0 Å². The molecular formula is C26H32N4O5S. The standard InChI is InChI=1S/C26H32N4O5S/c1-25(2,11-13-36-23-9-6-18(15-28-23)24(31)32)30-26(10-4-5-12-35-26)29-19-7-8-20(21(14-19)33-3)22-16-27-17-34-22/h6-9,14-17,29-30H,4-5,10-13H2,1-3H3,(H,31,32). The molecule has 3 N–H and O–H groups in total. The smallest absolute Gasteiger partial charge is 0.337 e. The minimum atomic E-state index is -0.972. The molecule has 0 radical (unpaired) electrons. The van der Waals surface area contributed by atoms with Gasteiger partial charge in [0.1, 0.15) is 5.75 Å². The highest BCUT2D eigenvalue weighted by Crippen LogP contribution is 2.35. The number of thioether (sulfide) groups is 1. The summed E-state index contributed by atoms with van der Waals surface area (Å²) in [6.45, 7) is 4.98. The summed E-state index contributed by atoms with van der Waals surface area (Å²) in [5, 5.41) is 17.2. The Balaban J connectivity index is 1.43. The van der Waals surface area contributed by atoms with Crippen LogP contribution in [0.2, 0.25) is 0 Å². The van der Waals surface area contributed by atoms with Gasteiger partial charge in [-0.05, 0) is 57.4 Å². The summed E-state index contributed by atoms with van der Waals surface area (Å²) in [7, 11) is 1.63. The van der Waals surface area contributed by atoms with Gasteiger partial charge >= 0.3 is 5.97 Å². The molecule has 0 spiro atoms. The molecule has 1 aliphatic heterocycles. The van der Waals surface area contributed by atoms with Crippen LogP contribution in [0.25, 0.3) is 11.3 Å². The first-order chi connectivity index (χ1) is 17.3. The molecule has 1 fully saturated rings. The number of benzene rings is 1. The lowest BCUT2D eigenvalue weighted by Crippen LogP contribution is -2.62. The molecule has 0 bridgehead atoms. The molecule has 1 aliphatic rings. The van der Waals surface area contributed by atoms with Gasteiger partial charge in [-0.25, -0.2) is 14.8 Å². The Morgan fingerprint density at radius 3 is 2.75 bits per heavy atom. The van der Waals surface area contributed by atoms with Crippen molar-refractivity contribution in [2.45, 2.75) is 55.9 Å². The number of ether oxygens (including phenoxy) is 2. The first-order valence-electron chi connectivity index (χ1n) is 11.9. The van der Waals surface area contributed by atoms with Crippen molar-refractivity contribution < 1.29 is 23.8 Å². The summed E-state index contributed by atoms with van der Waals surface area (Å²) in [5.74, 6) is 0.451. The van der Waals surface area contributed by atoms with Gasteiger partial charge in [-0.1, -0.05) is 0 Å². The van der Waals surface area contributed by atoms with Crippen LogP contribution in [0, 0.1) is 0 Å². The Morgan fingerprint density at radius 2 is 2.11 bits per heavy atom. The van der Waals surface area contributed by atoms with E-state index in [9.17, 15) is 4.79 Å². The second kappa shape index (κ2) is 11.3. The zero-order chi connectivity index (χ0) is 25.6. The maximum atomic E-state index is 11.0. The van der Waals surface area contributed by atoms with Crippen molar-refractivity contribution in [1.29, 1.82) is 0 Å². The number of carbonyl (C=O) groups is 1. The Hall–Kier alpha value is -3.08. The molecule has 192 valence electrons. The largest absolute Gasteiger partial charge is 0.496 e. The number of rotatable bonds is 11. The highest BCUT2D eigenvalue weighted by Gasteiger charge is 2.38. The molecule has 1 aromatic carbocycles. The van der Waals surface area contributed by atoms with E-state index in [0.717, 1.165) is 47.7 Å². The molecule has 1 unspecified atom stereocenters. The summed E-state index contributed by atoms with van der Waals surface area (Å²) in [5.41, 5.74) is 1.64. The third-order valence-electron chi connectivity index (χ3n) is 6.02. The topological polar surface area (TPSA) is 119 Å². The summed E-state index contributed by atoms with van der Waals surface area (Å²) < 4.78 is 17.4. The number of nitrogens with one attached hydrogen (secondary N) is 2. The molecule has 0 aliphatic carbocycles. The molecule has 10 heteroatoms. The molecule has 0 amide bonds. The zero-order valence-corrected chi connectivity index (χ0v) is 21.6. The minimum absolute atomic E-state index is 0.189. The van der Waals surface area contributed by atoms with Gasteiger partial charge in [0.15, 0.2) is 18.0 Å². The molecule has 0 saturated carbocycles. The molecule has 9 nitrogen and oxygen atoms in total. The van der Waals surface area contributed by atoms with Gasteiger partial charge in [-0.2, -0.15) is 0 Å². The number of aromatic nitrogens is 2. The van der Waals surface area contributed by atoms with Crippen molar-refractivity contribution in [2.24, 2.45) is 0 Å². The number of aromatic carboxylic acids is 1. The van der Waals surface area contributed by atoms with Gasteiger partial charge in [-0.15, -0.1) is 11.8 Å². The average Bonchev–Trinajstić information content (AvgIpc) is 3.39. The number of pyridine rings is 1. The van der Waals surface area contributed by atoms with Crippen LogP contribution in [-0.2, 0) is 4.74 Å². The molecule has 3 heterocycles. The van der Waals surface area contributed by atoms with Crippen molar-refractivity contribution in [3.05, 3.63) is 54.7 Å². The SMILES string of the molecule is COc1cc(NC2(NC(C)(C)CCSc3ccc(C(=O)O)cn3)CCCCO2)ccc1-c1cnco1. The highest BCUT2D eigenvalue weighted by molar-refractivity contribution is 7.99. The van der Waals surface area contributed by atoms with Gasteiger partial charge in [0.2, 0.25) is 0 Å². The van der Waals surface area contributed by atoms with Crippen molar-refractivity contribution in [2.75, 3.05) is 24.8 Å². The summed E-state index contributed by atoms with van der Waals surface area (Å²) in [4.78, 5) is 19.3. The predicted molar refractivity (Wildman–Crippen MR) is 138 cm³/mol. The molecule has 2 aromatic heterocycles. The van der Waals surface area contributed by atoms with Crippen LogP contribution in [0.1, 0.15) is 49.9 Å². The number of hydrogen-bond donors (Lipinski definition) is 3. The lowest BCUT2D eigenvalue weighted by atomic mass is 9.98. The van der Waals surface area contributed by atoms with Crippen LogP contribution < -0.4 is 15.4 Å². The van der Waals surface area contributed by atoms with E-state index in [1.807, 2.05) is 18.2 Å². The first-order valence-corrected chi connectivity index (χ1v) is 12.9. The second-order valence-electron chi connectivity index (χ2n) is 9.34. The van der Waals surface area contributed by atoms with Crippen molar-refractivity contribution >= 4 is 23.4 Å². The van der Waals surface area contributed by atoms with Gasteiger partial charge in [0.25, 0.3) is 0 Å². The number of methoxy groups -OCH3 is 1. The van der Waals surface area contributed by atoms with E-state index in [1.54, 1.807) is 37.2 Å². The number of oxazole rings is 1. The molecular weight excluding hydrogens is 480 g/mol. The van der Waals surface area contributed by atoms with E-state index in [-0.39, 0.29) is 11.1 Å². The van der Waals surface area contributed by atoms with Crippen LogP contribution in [-0.4, -0.2) is 51.9 Å². The number of anilines is 1. The lowest BCUT2D eigenvalue weighted by Gasteiger charge is -2.45. The lowest BCUT2D eigenvalue weighted by molar-refractivity contribution is -0.0959. The van der Waals surface area contributed by atoms with Crippen molar-refractivity contribution in [1.82, 2.24) is 15.3 Å². The highest BCUT2D eigenvalue weighted by atomic mass is 32.2. The zero-order valence-electron chi connectivity index (χ0n) is 20.7. The Kier molecular flexibility index (Phi) is 8.17. The van der Waals surface area contributed by atoms with Crippen LogP contribution in [0.3, 0.4) is 0 Å². The maximum Gasteiger partial charge on any atom is 0.337 e. The van der Waals surface area contributed by atoms with Crippen molar-refractivity contribution in [3.8, 4) is 17.1 Å². The Bertz CT molecular complexity index is 1150. The first kappa shape index (κ1) is 26.0. The fourth-order valence-electron chi connectivity index (χ4n) is 4.19. The number of carboxylic acid groups (broad SMARTS) is 1. The van der Waals surface area contributed by atoms with Crippen LogP contribution in [0.4, 0.5) is 5.69 Å². The predicted octanol–water partition coefficient (Wildman–Crippen LogP) is 5.26. The van der Waals surface area contributed by atoms with Crippen LogP contribution in [0.15, 0.2) is 58.6 Å². The minimum Gasteiger partial charge on any atom is -0.496 e. The van der Waals surface area contributed by atoms with Gasteiger partial charge in [-0.3, -0.25) is 5.32 Å². The molecule has 4 rings (SSSR count). The molecule has 1 saturated heterocycles. The summed E-state index contributed by atoms with van der Waals surface area (Å²) in [6, 6.07) is 9.20. The fraction of sp³-hybridized carbons (Fsp3) is 0.423. The van der Waals surface area contributed by atoms with E-state index >= 15 is 0 Å². The van der Waals surface area contributed by atoms with Gasteiger partial charge in [0.05, 0.1) is 36.1 Å². The summed E-state index contributed by atoms with van der Waals surface area (Å²) in [6.07, 6.45) is 8.18. The normalized spacial score (nSPS) is 18.1.